The molecule has 0 saturated carbocycles. The average Bonchev–Trinajstić information content (AvgIpc) is 3.05. The maximum Gasteiger partial charge on any atom is 0.130 e. The smallest absolute Gasteiger partial charge is 0.130 e. The first-order valence-electron chi connectivity index (χ1n) is 8.59. The van der Waals surface area contributed by atoms with Gasteiger partial charge in [-0.05, 0) is 59.5 Å². The molecule has 1 heterocycles. The molecule has 2 N–H and O–H groups in total. The molecule has 0 aliphatic carbocycles. The molecule has 0 fully saturated rings. The predicted molar refractivity (Wildman–Crippen MR) is 104 cm³/mol. The summed E-state index contributed by atoms with van der Waals surface area (Å²) in [4.78, 5) is 0. The summed E-state index contributed by atoms with van der Waals surface area (Å²) in [6, 6.07) is 22.9. The summed E-state index contributed by atoms with van der Waals surface area (Å²) in [7, 11) is 0. The molecular weight excluding hydrogens is 330 g/mol. The Hall–Kier alpha value is -2.29. The number of fused-ring (bicyclic) bond motifs is 1. The Balaban J connectivity index is 1.84. The van der Waals surface area contributed by atoms with Gasteiger partial charge in [0.25, 0.3) is 0 Å². The minimum absolute atomic E-state index is 0.164. The van der Waals surface area contributed by atoms with E-state index in [0.29, 0.717) is 6.54 Å². The third kappa shape index (κ3) is 3.28. The van der Waals surface area contributed by atoms with Gasteiger partial charge in [-0.15, -0.1) is 0 Å². The van der Waals surface area contributed by atoms with Crippen molar-refractivity contribution in [1.29, 1.82) is 0 Å². The van der Waals surface area contributed by atoms with Crippen molar-refractivity contribution in [2.24, 2.45) is 5.73 Å². The lowest BCUT2D eigenvalue weighted by Gasteiger charge is -2.13. The van der Waals surface area contributed by atoms with Crippen molar-refractivity contribution >= 4 is 11.6 Å². The molecule has 25 heavy (non-hydrogen) atoms. The molecule has 0 bridgehead atoms. The normalized spacial score (nSPS) is 15.7. The first-order valence-corrected chi connectivity index (χ1v) is 8.97. The van der Waals surface area contributed by atoms with E-state index in [1.165, 1.54) is 16.7 Å². The Kier molecular flexibility index (Phi) is 4.48. The van der Waals surface area contributed by atoms with Crippen LogP contribution in [0.3, 0.4) is 0 Å². The number of hydrogen-bond donors (Lipinski definition) is 1. The van der Waals surface area contributed by atoms with Gasteiger partial charge >= 0.3 is 0 Å². The van der Waals surface area contributed by atoms with Crippen molar-refractivity contribution < 1.29 is 4.74 Å². The minimum atomic E-state index is 0.164. The number of nitrogens with two attached hydrogens (primary N) is 1. The van der Waals surface area contributed by atoms with Gasteiger partial charge in [0.1, 0.15) is 11.9 Å². The van der Waals surface area contributed by atoms with Gasteiger partial charge in [0.05, 0.1) is 0 Å². The number of rotatable bonds is 4. The summed E-state index contributed by atoms with van der Waals surface area (Å²) in [6.45, 7) is 0.639. The second kappa shape index (κ2) is 6.91. The van der Waals surface area contributed by atoms with Crippen molar-refractivity contribution in [3.63, 3.8) is 0 Å². The van der Waals surface area contributed by atoms with Crippen LogP contribution in [0.2, 0.25) is 5.02 Å². The zero-order chi connectivity index (χ0) is 17.2. The molecule has 0 aromatic heterocycles. The van der Waals surface area contributed by atoms with Crippen LogP contribution < -0.4 is 10.5 Å². The van der Waals surface area contributed by atoms with Gasteiger partial charge in [0.15, 0.2) is 0 Å². The van der Waals surface area contributed by atoms with Gasteiger partial charge in [-0.1, -0.05) is 54.1 Å². The lowest BCUT2D eigenvalue weighted by Crippen LogP contribution is -2.17. The Bertz CT molecular complexity index is 875. The third-order valence-electron chi connectivity index (χ3n) is 4.65. The molecule has 2 nitrogen and oxygen atoms in total. The summed E-state index contributed by atoms with van der Waals surface area (Å²) in [5.41, 5.74) is 11.6. The zero-order valence-electron chi connectivity index (χ0n) is 13.9. The largest absolute Gasteiger partial charge is 0.489 e. The summed E-state index contributed by atoms with van der Waals surface area (Å²) in [6.07, 6.45) is 1.94. The molecule has 3 aromatic carbocycles. The van der Waals surface area contributed by atoms with Crippen LogP contribution in [0.25, 0.3) is 22.3 Å². The van der Waals surface area contributed by atoms with E-state index < -0.39 is 0 Å². The monoisotopic (exact) mass is 349 g/mol. The zero-order valence-corrected chi connectivity index (χ0v) is 14.7. The fraction of sp³-hybridized carbons (Fsp3) is 0.182. The standard InChI is InChI=1S/C22H20ClNO/c23-19-8-6-16(7-9-19)21-14-17(15-4-2-1-3-5-15)12-18-13-20(10-11-24)25-22(18)21/h1-9,12,14,20H,10-11,13,24H2. The highest BCUT2D eigenvalue weighted by Gasteiger charge is 2.26. The van der Waals surface area contributed by atoms with Crippen molar-refractivity contribution in [3.8, 4) is 28.0 Å². The molecule has 0 spiro atoms. The molecule has 0 amide bonds. The van der Waals surface area contributed by atoms with Gasteiger partial charge in [-0.25, -0.2) is 0 Å². The van der Waals surface area contributed by atoms with Crippen molar-refractivity contribution in [2.45, 2.75) is 18.9 Å². The van der Waals surface area contributed by atoms with E-state index in [0.717, 1.165) is 34.7 Å². The fourth-order valence-corrected chi connectivity index (χ4v) is 3.55. The van der Waals surface area contributed by atoms with E-state index in [9.17, 15) is 0 Å². The quantitative estimate of drug-likeness (QED) is 0.691. The van der Waals surface area contributed by atoms with Crippen LogP contribution in [0, 0.1) is 0 Å². The van der Waals surface area contributed by atoms with Crippen LogP contribution in [0.4, 0.5) is 0 Å². The summed E-state index contributed by atoms with van der Waals surface area (Å²) < 4.78 is 6.24. The summed E-state index contributed by atoms with van der Waals surface area (Å²) in [5, 5.41) is 0.738. The van der Waals surface area contributed by atoms with Gasteiger partial charge in [-0.3, -0.25) is 0 Å². The first kappa shape index (κ1) is 16.2. The highest BCUT2D eigenvalue weighted by atomic mass is 35.5. The Morgan fingerprint density at radius 3 is 2.40 bits per heavy atom. The molecule has 4 rings (SSSR count). The van der Waals surface area contributed by atoms with Crippen LogP contribution in [-0.2, 0) is 6.42 Å². The van der Waals surface area contributed by atoms with Gasteiger partial charge in [0, 0.05) is 17.0 Å². The predicted octanol–water partition coefficient (Wildman–Crippen LogP) is 5.33. The Labute approximate surface area is 153 Å². The molecule has 1 unspecified atom stereocenters. The Morgan fingerprint density at radius 2 is 1.68 bits per heavy atom. The number of halogens is 1. The van der Waals surface area contributed by atoms with Crippen LogP contribution >= 0.6 is 11.6 Å². The third-order valence-corrected chi connectivity index (χ3v) is 4.90. The topological polar surface area (TPSA) is 35.2 Å². The molecule has 1 atom stereocenters. The maximum absolute atomic E-state index is 6.24. The van der Waals surface area contributed by atoms with Crippen molar-refractivity contribution in [3.05, 3.63) is 77.3 Å². The van der Waals surface area contributed by atoms with Crippen LogP contribution in [-0.4, -0.2) is 12.6 Å². The Morgan fingerprint density at radius 1 is 0.920 bits per heavy atom. The second-order valence-corrected chi connectivity index (χ2v) is 6.84. The molecule has 1 aliphatic heterocycles. The van der Waals surface area contributed by atoms with Crippen molar-refractivity contribution in [2.75, 3.05) is 6.54 Å². The molecule has 3 heteroatoms. The average molecular weight is 350 g/mol. The van der Waals surface area contributed by atoms with Crippen molar-refractivity contribution in [1.82, 2.24) is 0 Å². The van der Waals surface area contributed by atoms with E-state index in [-0.39, 0.29) is 6.10 Å². The minimum Gasteiger partial charge on any atom is -0.489 e. The van der Waals surface area contributed by atoms with Crippen LogP contribution in [0.5, 0.6) is 5.75 Å². The van der Waals surface area contributed by atoms with E-state index in [1.54, 1.807) is 0 Å². The number of benzene rings is 3. The lowest BCUT2D eigenvalue weighted by molar-refractivity contribution is 0.225. The lowest BCUT2D eigenvalue weighted by atomic mass is 9.94. The van der Waals surface area contributed by atoms with Crippen LogP contribution in [0.1, 0.15) is 12.0 Å². The van der Waals surface area contributed by atoms with E-state index in [2.05, 4.69) is 36.4 Å². The van der Waals surface area contributed by atoms with Crippen LogP contribution in [0.15, 0.2) is 66.7 Å². The maximum atomic E-state index is 6.24. The molecular formula is C22H20ClNO. The molecule has 1 aliphatic rings. The SMILES string of the molecule is NCCC1Cc2cc(-c3ccccc3)cc(-c3ccc(Cl)cc3)c2O1. The molecule has 126 valence electrons. The van der Waals surface area contributed by atoms with E-state index in [4.69, 9.17) is 22.1 Å². The van der Waals surface area contributed by atoms with Gasteiger partial charge < -0.3 is 10.5 Å². The van der Waals surface area contributed by atoms with Gasteiger partial charge in [-0.2, -0.15) is 0 Å². The first-order chi connectivity index (χ1) is 12.2. The number of ether oxygens (including phenoxy) is 1. The summed E-state index contributed by atoms with van der Waals surface area (Å²) >= 11 is 6.06. The highest BCUT2D eigenvalue weighted by molar-refractivity contribution is 6.30. The van der Waals surface area contributed by atoms with E-state index in [1.807, 2.05) is 30.3 Å². The fourth-order valence-electron chi connectivity index (χ4n) is 3.42. The number of hydrogen-bond acceptors (Lipinski definition) is 2. The molecule has 0 radical (unpaired) electrons. The molecule has 0 saturated heterocycles. The second-order valence-electron chi connectivity index (χ2n) is 6.41. The van der Waals surface area contributed by atoms with E-state index >= 15 is 0 Å². The summed E-state index contributed by atoms with van der Waals surface area (Å²) in [5.74, 6) is 0.987. The molecule has 3 aromatic rings. The van der Waals surface area contributed by atoms with Gasteiger partial charge in [0.2, 0.25) is 0 Å². The highest BCUT2D eigenvalue weighted by Crippen LogP contribution is 2.42.